The van der Waals surface area contributed by atoms with Crippen molar-refractivity contribution in [1.29, 1.82) is 0 Å². The summed E-state index contributed by atoms with van der Waals surface area (Å²) in [5.41, 5.74) is 0.714. The largest absolute Gasteiger partial charge is 0.351 e. The van der Waals surface area contributed by atoms with E-state index in [0.717, 1.165) is 54.1 Å². The zero-order valence-electron chi connectivity index (χ0n) is 16.9. The average molecular weight is 446 g/mol. The summed E-state index contributed by atoms with van der Waals surface area (Å²) < 4.78 is 14.7. The first-order chi connectivity index (χ1) is 14.5. The molecule has 0 unspecified atom stereocenters. The number of hydrogen-bond donors (Lipinski definition) is 1. The molecule has 4 rings (SSSR count). The van der Waals surface area contributed by atoms with E-state index in [-0.39, 0.29) is 17.3 Å². The summed E-state index contributed by atoms with van der Waals surface area (Å²) >= 11 is 2.94. The highest BCUT2D eigenvalue weighted by atomic mass is 32.2. The molecule has 8 heteroatoms. The second-order valence-electron chi connectivity index (χ2n) is 7.44. The van der Waals surface area contributed by atoms with Crippen LogP contribution < -0.4 is 10.9 Å². The van der Waals surface area contributed by atoms with Crippen molar-refractivity contribution in [3.05, 3.63) is 56.7 Å². The summed E-state index contributed by atoms with van der Waals surface area (Å²) in [6.45, 7) is 3.09. The van der Waals surface area contributed by atoms with Gasteiger partial charge >= 0.3 is 0 Å². The molecule has 0 spiro atoms. The van der Waals surface area contributed by atoms with E-state index in [1.807, 2.05) is 6.92 Å². The quantitative estimate of drug-likeness (QED) is 0.447. The second kappa shape index (κ2) is 9.31. The molecule has 30 heavy (non-hydrogen) atoms. The molecule has 0 saturated carbocycles. The molecule has 5 nitrogen and oxygen atoms in total. The third kappa shape index (κ3) is 4.44. The van der Waals surface area contributed by atoms with Crippen LogP contribution in [0.15, 0.2) is 34.0 Å². The van der Waals surface area contributed by atoms with Crippen molar-refractivity contribution in [3.63, 3.8) is 0 Å². The van der Waals surface area contributed by atoms with Crippen LogP contribution in [0.2, 0.25) is 0 Å². The zero-order valence-corrected chi connectivity index (χ0v) is 18.5. The molecule has 0 radical (unpaired) electrons. The topological polar surface area (TPSA) is 64.0 Å². The SMILES string of the molecule is Cc1c(C(=O)NCCCSc2ccc(F)cc2)sc2nc3n(c(=O)c12)CCCCC3. The van der Waals surface area contributed by atoms with Gasteiger partial charge in [-0.2, -0.15) is 0 Å². The van der Waals surface area contributed by atoms with E-state index in [2.05, 4.69) is 5.32 Å². The van der Waals surface area contributed by atoms with E-state index in [9.17, 15) is 14.0 Å². The molecule has 0 saturated heterocycles. The molecule has 158 valence electrons. The first-order valence-corrected chi connectivity index (χ1v) is 12.0. The minimum atomic E-state index is -0.240. The monoisotopic (exact) mass is 445 g/mol. The third-order valence-corrected chi connectivity index (χ3v) is 7.59. The molecule has 0 atom stereocenters. The predicted molar refractivity (Wildman–Crippen MR) is 120 cm³/mol. The number of rotatable bonds is 6. The number of carbonyl (C=O) groups excluding carboxylic acids is 1. The fourth-order valence-corrected chi connectivity index (χ4v) is 5.66. The molecule has 0 bridgehead atoms. The number of carbonyl (C=O) groups is 1. The van der Waals surface area contributed by atoms with Gasteiger partial charge in [0.25, 0.3) is 11.5 Å². The van der Waals surface area contributed by atoms with E-state index in [4.69, 9.17) is 4.98 Å². The number of halogens is 1. The molecule has 1 N–H and O–H groups in total. The molecule has 0 fully saturated rings. The van der Waals surface area contributed by atoms with Gasteiger partial charge in [0.05, 0.1) is 10.3 Å². The van der Waals surface area contributed by atoms with Gasteiger partial charge in [-0.15, -0.1) is 23.1 Å². The number of aryl methyl sites for hydroxylation is 2. The van der Waals surface area contributed by atoms with Crippen molar-refractivity contribution in [3.8, 4) is 0 Å². The van der Waals surface area contributed by atoms with Crippen molar-refractivity contribution in [1.82, 2.24) is 14.9 Å². The van der Waals surface area contributed by atoms with Crippen LogP contribution in [0.25, 0.3) is 10.2 Å². The first kappa shape index (κ1) is 21.1. The van der Waals surface area contributed by atoms with Gasteiger partial charge in [0.15, 0.2) is 0 Å². The number of fused-ring (bicyclic) bond motifs is 2. The van der Waals surface area contributed by atoms with E-state index in [1.165, 1.54) is 23.5 Å². The van der Waals surface area contributed by atoms with E-state index in [1.54, 1.807) is 28.5 Å². The van der Waals surface area contributed by atoms with Gasteiger partial charge in [0, 0.05) is 24.4 Å². The van der Waals surface area contributed by atoms with Crippen LogP contribution in [0.3, 0.4) is 0 Å². The molecule has 1 amide bonds. The van der Waals surface area contributed by atoms with Gasteiger partial charge in [0.1, 0.15) is 16.5 Å². The number of hydrogen-bond acceptors (Lipinski definition) is 5. The summed E-state index contributed by atoms with van der Waals surface area (Å²) in [5, 5.41) is 3.54. The van der Waals surface area contributed by atoms with Gasteiger partial charge in [-0.05, 0) is 61.8 Å². The van der Waals surface area contributed by atoms with Gasteiger partial charge in [-0.3, -0.25) is 14.2 Å². The van der Waals surface area contributed by atoms with Crippen LogP contribution in [0.5, 0.6) is 0 Å². The predicted octanol–water partition coefficient (Wildman–Crippen LogP) is 4.54. The summed E-state index contributed by atoms with van der Waals surface area (Å²) in [4.78, 5) is 32.7. The number of aromatic nitrogens is 2. The van der Waals surface area contributed by atoms with E-state index in [0.29, 0.717) is 28.2 Å². The summed E-state index contributed by atoms with van der Waals surface area (Å²) in [5.74, 6) is 1.28. The summed E-state index contributed by atoms with van der Waals surface area (Å²) in [6, 6.07) is 6.41. The van der Waals surface area contributed by atoms with Gasteiger partial charge < -0.3 is 5.32 Å². The molecular weight excluding hydrogens is 421 g/mol. The van der Waals surface area contributed by atoms with Crippen LogP contribution in [0, 0.1) is 12.7 Å². The maximum absolute atomic E-state index is 13.0. The van der Waals surface area contributed by atoms with Crippen molar-refractivity contribution >= 4 is 39.2 Å². The summed E-state index contributed by atoms with van der Waals surface area (Å²) in [7, 11) is 0. The lowest BCUT2D eigenvalue weighted by Gasteiger charge is -2.08. The Labute approximate surface area is 182 Å². The minimum absolute atomic E-state index is 0.0135. The highest BCUT2D eigenvalue weighted by Gasteiger charge is 2.22. The molecular formula is C22H24FN3O2S2. The van der Waals surface area contributed by atoms with Gasteiger partial charge in [-0.25, -0.2) is 9.37 Å². The van der Waals surface area contributed by atoms with E-state index < -0.39 is 0 Å². The van der Waals surface area contributed by atoms with Crippen LogP contribution in [-0.4, -0.2) is 27.8 Å². The Bertz CT molecular complexity index is 1120. The Hall–Kier alpha value is -2.19. The highest BCUT2D eigenvalue weighted by Crippen LogP contribution is 2.28. The molecule has 2 aromatic heterocycles. The normalized spacial score (nSPS) is 13.8. The van der Waals surface area contributed by atoms with Crippen molar-refractivity contribution in [2.45, 2.75) is 50.5 Å². The summed E-state index contributed by atoms with van der Waals surface area (Å²) in [6.07, 6.45) is 4.77. The van der Waals surface area contributed by atoms with E-state index >= 15 is 0 Å². The maximum Gasteiger partial charge on any atom is 0.262 e. The Kier molecular flexibility index (Phi) is 6.53. The number of benzene rings is 1. The van der Waals surface area contributed by atoms with Crippen LogP contribution >= 0.6 is 23.1 Å². The smallest absolute Gasteiger partial charge is 0.262 e. The lowest BCUT2D eigenvalue weighted by Crippen LogP contribution is -2.25. The Balaban J connectivity index is 1.41. The first-order valence-electron chi connectivity index (χ1n) is 10.2. The maximum atomic E-state index is 13.0. The van der Waals surface area contributed by atoms with Gasteiger partial charge in [0.2, 0.25) is 0 Å². The molecule has 3 aromatic rings. The van der Waals surface area contributed by atoms with Crippen LogP contribution in [0.1, 0.15) is 46.7 Å². The molecule has 3 heterocycles. The fraction of sp³-hybridized carbons (Fsp3) is 0.409. The van der Waals surface area contributed by atoms with Crippen molar-refractivity contribution in [2.75, 3.05) is 12.3 Å². The number of nitrogens with one attached hydrogen (secondary N) is 1. The van der Waals surface area contributed by atoms with Crippen molar-refractivity contribution in [2.24, 2.45) is 0 Å². The Morgan fingerprint density at radius 2 is 2.07 bits per heavy atom. The van der Waals surface area contributed by atoms with Crippen molar-refractivity contribution < 1.29 is 9.18 Å². The Morgan fingerprint density at radius 1 is 1.27 bits per heavy atom. The molecule has 1 aromatic carbocycles. The number of thiophene rings is 1. The number of nitrogens with zero attached hydrogens (tertiary/aromatic N) is 2. The number of amides is 1. The number of thioether (sulfide) groups is 1. The standard InChI is InChI=1S/C22H24FN3O2S2/c1-14-18-21(25-17-6-3-2-4-12-26(17)22(18)28)30-19(14)20(27)24-11-5-13-29-16-9-7-15(23)8-10-16/h7-10H,2-6,11-13H2,1H3,(H,24,27). The average Bonchev–Trinajstić information content (AvgIpc) is 2.90. The third-order valence-electron chi connectivity index (χ3n) is 5.31. The van der Waals surface area contributed by atoms with Crippen LogP contribution in [-0.2, 0) is 13.0 Å². The zero-order chi connectivity index (χ0) is 21.1. The molecule has 0 aliphatic carbocycles. The highest BCUT2D eigenvalue weighted by molar-refractivity contribution is 7.99. The lowest BCUT2D eigenvalue weighted by molar-refractivity contribution is 0.0957. The lowest BCUT2D eigenvalue weighted by atomic mass is 10.2. The molecule has 1 aliphatic heterocycles. The minimum Gasteiger partial charge on any atom is -0.351 e. The second-order valence-corrected chi connectivity index (χ2v) is 9.61. The van der Waals surface area contributed by atoms with Crippen LogP contribution in [0.4, 0.5) is 4.39 Å². The Morgan fingerprint density at radius 3 is 2.87 bits per heavy atom. The van der Waals surface area contributed by atoms with Gasteiger partial charge in [-0.1, -0.05) is 6.42 Å². The fourth-order valence-electron chi connectivity index (χ4n) is 3.70. The molecule has 1 aliphatic rings.